The molecule has 0 fully saturated rings. The second kappa shape index (κ2) is 17.7. The van der Waals surface area contributed by atoms with E-state index >= 15 is 0 Å². The molecule has 0 amide bonds. The maximum atomic E-state index is 2.47. The molecule has 0 bridgehead atoms. The fourth-order valence-electron chi connectivity index (χ4n) is 9.35. The van der Waals surface area contributed by atoms with Crippen LogP contribution in [0.5, 0.6) is 0 Å². The zero-order valence-corrected chi connectivity index (χ0v) is 35.9. The SMILES string of the molecule is c1ccc(-c2ccc(-c3ccccc3N(c3ccc(-c4ccc(-c5cccc6ccccc56)cc4)cc3)c3cccc(-c4ccccc4)c3-c3ccccc3-c3ccccc3)cc2)cc1. The Bertz CT molecular complexity index is 3370. The van der Waals surface area contributed by atoms with Crippen molar-refractivity contribution in [3.63, 3.8) is 0 Å². The van der Waals surface area contributed by atoms with Crippen molar-refractivity contribution in [1.29, 1.82) is 0 Å². The largest absolute Gasteiger partial charge is 0.309 e. The van der Waals surface area contributed by atoms with Crippen LogP contribution in [0.3, 0.4) is 0 Å². The molecule has 0 aromatic heterocycles. The predicted molar refractivity (Wildman–Crippen MR) is 277 cm³/mol. The highest BCUT2D eigenvalue weighted by Gasteiger charge is 2.24. The first-order valence-electron chi connectivity index (χ1n) is 22.3. The van der Waals surface area contributed by atoms with Gasteiger partial charge in [0.15, 0.2) is 0 Å². The van der Waals surface area contributed by atoms with E-state index in [-0.39, 0.29) is 0 Å². The van der Waals surface area contributed by atoms with Gasteiger partial charge in [0.05, 0.1) is 11.4 Å². The number of para-hydroxylation sites is 1. The normalized spacial score (nSPS) is 11.1. The molecule has 0 atom stereocenters. The first kappa shape index (κ1) is 39.3. The van der Waals surface area contributed by atoms with Crippen LogP contribution in [0.4, 0.5) is 17.1 Å². The van der Waals surface area contributed by atoms with Crippen LogP contribution in [0.1, 0.15) is 0 Å². The average Bonchev–Trinajstić information content (AvgIpc) is 3.40. The van der Waals surface area contributed by atoms with E-state index in [0.717, 1.165) is 33.8 Å². The average molecular weight is 828 g/mol. The summed E-state index contributed by atoms with van der Waals surface area (Å²) < 4.78 is 0. The molecular formula is C64H45N. The van der Waals surface area contributed by atoms with Crippen LogP contribution in [0.15, 0.2) is 273 Å². The third-order valence-corrected chi connectivity index (χ3v) is 12.5. The Balaban J connectivity index is 1.09. The van der Waals surface area contributed by atoms with Gasteiger partial charge in [-0.3, -0.25) is 0 Å². The van der Waals surface area contributed by atoms with E-state index in [1.54, 1.807) is 0 Å². The summed E-state index contributed by atoms with van der Waals surface area (Å²) in [5.41, 5.74) is 19.8. The molecule has 306 valence electrons. The molecule has 1 nitrogen and oxygen atoms in total. The molecule has 0 N–H and O–H groups in total. The summed E-state index contributed by atoms with van der Waals surface area (Å²) in [5.74, 6) is 0. The van der Waals surface area contributed by atoms with Crippen molar-refractivity contribution < 1.29 is 0 Å². The molecule has 0 saturated heterocycles. The minimum atomic E-state index is 1.07. The van der Waals surface area contributed by atoms with E-state index in [0.29, 0.717) is 0 Å². The maximum Gasteiger partial charge on any atom is 0.0546 e. The number of anilines is 3. The summed E-state index contributed by atoms with van der Waals surface area (Å²) in [6, 6.07) is 98.9. The number of nitrogens with zero attached hydrogens (tertiary/aromatic N) is 1. The molecule has 0 unspecified atom stereocenters. The molecule has 0 aliphatic heterocycles. The molecule has 65 heavy (non-hydrogen) atoms. The zero-order valence-electron chi connectivity index (χ0n) is 35.9. The lowest BCUT2D eigenvalue weighted by molar-refractivity contribution is 1.28. The van der Waals surface area contributed by atoms with Crippen LogP contribution in [0, 0.1) is 0 Å². The van der Waals surface area contributed by atoms with E-state index in [4.69, 9.17) is 0 Å². The lowest BCUT2D eigenvalue weighted by Crippen LogP contribution is -2.13. The Labute approximate surface area is 381 Å². The molecular weight excluding hydrogens is 783 g/mol. The maximum absolute atomic E-state index is 2.47. The number of fused-ring (bicyclic) bond motifs is 1. The van der Waals surface area contributed by atoms with Crippen LogP contribution in [0.2, 0.25) is 0 Å². The first-order valence-corrected chi connectivity index (χ1v) is 22.3. The zero-order chi connectivity index (χ0) is 43.4. The Morgan fingerprint density at radius 3 is 1.22 bits per heavy atom. The minimum Gasteiger partial charge on any atom is -0.309 e. The van der Waals surface area contributed by atoms with Crippen LogP contribution in [0.25, 0.3) is 88.7 Å². The van der Waals surface area contributed by atoms with Gasteiger partial charge in [-0.2, -0.15) is 0 Å². The van der Waals surface area contributed by atoms with Gasteiger partial charge in [-0.1, -0.05) is 249 Å². The van der Waals surface area contributed by atoms with E-state index in [1.807, 2.05) is 0 Å². The molecule has 11 rings (SSSR count). The van der Waals surface area contributed by atoms with Gasteiger partial charge in [0.2, 0.25) is 0 Å². The van der Waals surface area contributed by atoms with E-state index in [9.17, 15) is 0 Å². The number of rotatable bonds is 10. The van der Waals surface area contributed by atoms with Crippen molar-refractivity contribution in [3.05, 3.63) is 273 Å². The lowest BCUT2D eigenvalue weighted by Gasteiger charge is -2.31. The third-order valence-electron chi connectivity index (χ3n) is 12.5. The molecule has 0 saturated carbocycles. The van der Waals surface area contributed by atoms with E-state index in [1.165, 1.54) is 72.0 Å². The molecule has 0 spiro atoms. The van der Waals surface area contributed by atoms with Gasteiger partial charge in [0, 0.05) is 16.8 Å². The second-order valence-corrected chi connectivity index (χ2v) is 16.4. The van der Waals surface area contributed by atoms with Crippen molar-refractivity contribution in [1.82, 2.24) is 0 Å². The molecule has 1 heteroatoms. The van der Waals surface area contributed by atoms with Crippen molar-refractivity contribution >= 4 is 27.8 Å². The lowest BCUT2D eigenvalue weighted by atomic mass is 9.87. The van der Waals surface area contributed by atoms with E-state index < -0.39 is 0 Å². The van der Waals surface area contributed by atoms with Crippen LogP contribution in [-0.4, -0.2) is 0 Å². The Kier molecular flexibility index (Phi) is 10.7. The molecule has 0 heterocycles. The van der Waals surface area contributed by atoms with Crippen LogP contribution < -0.4 is 4.90 Å². The Hall–Kier alpha value is -8.52. The standard InChI is InChI=1S/C64H45N/c1-4-18-46(19-5-1)47-36-40-54(41-37-47)59-28-14-15-32-62(59)65(55-44-42-49(43-45-55)48-34-38-53(39-35-48)57-30-16-25-51-24-10-11-26-56(51)57)63-33-17-31-60(52-22-8-3-9-23-52)64(63)61-29-13-12-27-58(61)50-20-6-2-7-21-50/h1-45H. The summed E-state index contributed by atoms with van der Waals surface area (Å²) >= 11 is 0. The van der Waals surface area contributed by atoms with Gasteiger partial charge in [0.25, 0.3) is 0 Å². The third kappa shape index (κ3) is 7.82. The number of hydrogen-bond acceptors (Lipinski definition) is 1. The number of benzene rings is 11. The fourth-order valence-corrected chi connectivity index (χ4v) is 9.35. The van der Waals surface area contributed by atoms with Gasteiger partial charge in [0.1, 0.15) is 0 Å². The van der Waals surface area contributed by atoms with Crippen molar-refractivity contribution in [2.24, 2.45) is 0 Å². The molecule has 0 aliphatic rings. The quantitative estimate of drug-likeness (QED) is 0.133. The highest BCUT2D eigenvalue weighted by Crippen LogP contribution is 2.50. The highest BCUT2D eigenvalue weighted by atomic mass is 15.1. The monoisotopic (exact) mass is 827 g/mol. The Morgan fingerprint density at radius 1 is 0.200 bits per heavy atom. The first-order chi connectivity index (χ1) is 32.3. The van der Waals surface area contributed by atoms with E-state index in [2.05, 4.69) is 278 Å². The van der Waals surface area contributed by atoms with Gasteiger partial charge in [-0.25, -0.2) is 0 Å². The Morgan fingerprint density at radius 2 is 0.569 bits per heavy atom. The second-order valence-electron chi connectivity index (χ2n) is 16.4. The summed E-state index contributed by atoms with van der Waals surface area (Å²) in [6.45, 7) is 0. The van der Waals surface area contributed by atoms with Gasteiger partial charge >= 0.3 is 0 Å². The van der Waals surface area contributed by atoms with Gasteiger partial charge < -0.3 is 4.90 Å². The molecule has 11 aromatic rings. The minimum absolute atomic E-state index is 1.07. The summed E-state index contributed by atoms with van der Waals surface area (Å²) in [6.07, 6.45) is 0. The summed E-state index contributed by atoms with van der Waals surface area (Å²) in [4.78, 5) is 2.47. The highest BCUT2D eigenvalue weighted by molar-refractivity contribution is 6.03. The molecule has 0 radical (unpaired) electrons. The van der Waals surface area contributed by atoms with Crippen LogP contribution >= 0.6 is 0 Å². The van der Waals surface area contributed by atoms with Crippen LogP contribution in [-0.2, 0) is 0 Å². The van der Waals surface area contributed by atoms with Crippen molar-refractivity contribution in [2.75, 3.05) is 4.90 Å². The summed E-state index contributed by atoms with van der Waals surface area (Å²) in [7, 11) is 0. The summed E-state index contributed by atoms with van der Waals surface area (Å²) in [5, 5.41) is 2.52. The molecule has 0 aliphatic carbocycles. The fraction of sp³-hybridized carbons (Fsp3) is 0. The van der Waals surface area contributed by atoms with Crippen molar-refractivity contribution in [2.45, 2.75) is 0 Å². The van der Waals surface area contributed by atoms with Gasteiger partial charge in [-0.15, -0.1) is 0 Å². The van der Waals surface area contributed by atoms with Gasteiger partial charge in [-0.05, 0) is 102 Å². The predicted octanol–water partition coefficient (Wildman–Crippen LogP) is 18.0. The topological polar surface area (TPSA) is 3.24 Å². The number of hydrogen-bond donors (Lipinski definition) is 0. The smallest absolute Gasteiger partial charge is 0.0546 e. The van der Waals surface area contributed by atoms with Crippen molar-refractivity contribution in [3.8, 4) is 77.9 Å². The molecule has 11 aromatic carbocycles.